The zero-order valence-electron chi connectivity index (χ0n) is 18.9. The third-order valence-corrected chi connectivity index (χ3v) is 5.16. The molecule has 0 saturated carbocycles. The number of hydrogen-bond acceptors (Lipinski definition) is 4. The van der Waals surface area contributed by atoms with Crippen LogP contribution in [0.1, 0.15) is 32.9 Å². The second-order valence-corrected chi connectivity index (χ2v) is 7.76. The summed E-state index contributed by atoms with van der Waals surface area (Å²) < 4.78 is 62.2. The fourth-order valence-corrected chi connectivity index (χ4v) is 3.33. The van der Waals surface area contributed by atoms with Crippen molar-refractivity contribution in [2.45, 2.75) is 39.3 Å². The highest BCUT2D eigenvalue weighted by atomic mass is 19.3. The molecule has 1 amide bonds. The van der Waals surface area contributed by atoms with E-state index in [0.717, 1.165) is 17.0 Å². The van der Waals surface area contributed by atoms with Gasteiger partial charge in [-0.2, -0.15) is 13.9 Å². The summed E-state index contributed by atoms with van der Waals surface area (Å²) in [5.74, 6) is -3.92. The van der Waals surface area contributed by atoms with E-state index >= 15 is 0 Å². The molecule has 0 bridgehead atoms. The van der Waals surface area contributed by atoms with Gasteiger partial charge in [0.1, 0.15) is 12.4 Å². The van der Waals surface area contributed by atoms with Crippen LogP contribution in [0, 0.1) is 13.8 Å². The van der Waals surface area contributed by atoms with Crippen molar-refractivity contribution in [3.63, 3.8) is 0 Å². The Morgan fingerprint density at radius 3 is 2.53 bits per heavy atom. The van der Waals surface area contributed by atoms with Crippen LogP contribution in [0.3, 0.4) is 0 Å². The van der Waals surface area contributed by atoms with Gasteiger partial charge in [-0.25, -0.2) is 8.78 Å². The molecule has 3 aromatic rings. The number of nitrogens with zero attached hydrogens (tertiary/aromatic N) is 2. The van der Waals surface area contributed by atoms with Crippen LogP contribution in [-0.4, -0.2) is 41.8 Å². The summed E-state index contributed by atoms with van der Waals surface area (Å²) in [4.78, 5) is 12.8. The highest BCUT2D eigenvalue weighted by Crippen LogP contribution is 2.24. The van der Waals surface area contributed by atoms with Gasteiger partial charge in [0, 0.05) is 5.56 Å². The minimum Gasteiger partial charge on any atom is -0.497 e. The zero-order valence-corrected chi connectivity index (χ0v) is 18.9. The van der Waals surface area contributed by atoms with Crippen LogP contribution in [0.2, 0.25) is 0 Å². The molecular formula is C24H25F4N3O3. The van der Waals surface area contributed by atoms with E-state index in [1.165, 1.54) is 6.07 Å². The third kappa shape index (κ3) is 6.13. The lowest BCUT2D eigenvalue weighted by Gasteiger charge is -2.15. The van der Waals surface area contributed by atoms with Crippen LogP contribution in [0.25, 0.3) is 0 Å². The van der Waals surface area contributed by atoms with Gasteiger partial charge in [0.25, 0.3) is 5.91 Å². The molecule has 0 unspecified atom stereocenters. The molecule has 6 nitrogen and oxygen atoms in total. The predicted molar refractivity (Wildman–Crippen MR) is 119 cm³/mol. The molecule has 0 atom stereocenters. The first kappa shape index (κ1) is 25.2. The molecule has 10 heteroatoms. The van der Waals surface area contributed by atoms with Gasteiger partial charge in [0.05, 0.1) is 37.3 Å². The summed E-state index contributed by atoms with van der Waals surface area (Å²) in [6.07, 6.45) is -3.80. The van der Waals surface area contributed by atoms with Crippen LogP contribution >= 0.6 is 0 Å². The number of benzene rings is 2. The standard InChI is InChI=1S/C24H25F4N3O3/c1-15-21(16(2)31(30-15)12-17-6-5-9-20(11-17)33-3)29-22(32)19-8-4-7-18(10-19)13-34-14-24(27,28)23(25)26/h4-11,23H,12-14H2,1-3H3,(H,29,32). The van der Waals surface area contributed by atoms with Crippen molar-refractivity contribution in [2.75, 3.05) is 19.0 Å². The smallest absolute Gasteiger partial charge is 0.330 e. The SMILES string of the molecule is COc1cccc(Cn2nc(C)c(NC(=O)c3cccc(COCC(F)(F)C(F)F)c3)c2C)c1. The number of carbonyl (C=O) groups is 1. The second-order valence-electron chi connectivity index (χ2n) is 7.76. The summed E-state index contributed by atoms with van der Waals surface area (Å²) >= 11 is 0. The number of aryl methyl sites for hydroxylation is 1. The van der Waals surface area contributed by atoms with Gasteiger partial charge in [-0.1, -0.05) is 24.3 Å². The molecule has 0 fully saturated rings. The molecule has 1 N–H and O–H groups in total. The van der Waals surface area contributed by atoms with E-state index in [1.54, 1.807) is 36.9 Å². The van der Waals surface area contributed by atoms with Gasteiger partial charge in [-0.3, -0.25) is 9.48 Å². The van der Waals surface area contributed by atoms with Gasteiger partial charge < -0.3 is 14.8 Å². The Labute approximate surface area is 194 Å². The van der Waals surface area contributed by atoms with Gasteiger partial charge >= 0.3 is 12.3 Å². The van der Waals surface area contributed by atoms with Gasteiger partial charge in [0.15, 0.2) is 0 Å². The number of aromatic nitrogens is 2. The number of amides is 1. The van der Waals surface area contributed by atoms with Crippen LogP contribution < -0.4 is 10.1 Å². The molecule has 1 heterocycles. The number of methoxy groups -OCH3 is 1. The molecule has 0 radical (unpaired) electrons. The lowest BCUT2D eigenvalue weighted by molar-refractivity contribution is -0.168. The highest BCUT2D eigenvalue weighted by molar-refractivity contribution is 6.05. The largest absolute Gasteiger partial charge is 0.497 e. The minimum atomic E-state index is -4.23. The maximum absolute atomic E-state index is 13.0. The Morgan fingerprint density at radius 2 is 1.82 bits per heavy atom. The molecule has 1 aromatic heterocycles. The quantitative estimate of drug-likeness (QED) is 0.405. The van der Waals surface area contributed by atoms with Crippen molar-refractivity contribution < 1.29 is 31.8 Å². The summed E-state index contributed by atoms with van der Waals surface area (Å²) in [5.41, 5.74) is 3.59. The fraction of sp³-hybridized carbons (Fsp3) is 0.333. The first-order valence-electron chi connectivity index (χ1n) is 10.4. The minimum absolute atomic E-state index is 0.265. The number of carbonyl (C=O) groups excluding carboxylic acids is 1. The number of anilines is 1. The Bertz CT molecular complexity index is 1150. The first-order chi connectivity index (χ1) is 16.1. The number of ether oxygens (including phenoxy) is 2. The lowest BCUT2D eigenvalue weighted by Crippen LogP contribution is -2.32. The number of hydrogen-bond donors (Lipinski definition) is 1. The van der Waals surface area contributed by atoms with E-state index in [-0.39, 0.29) is 12.2 Å². The molecule has 0 aliphatic heterocycles. The highest BCUT2D eigenvalue weighted by Gasteiger charge is 2.40. The molecule has 0 saturated heterocycles. The van der Waals surface area contributed by atoms with E-state index in [9.17, 15) is 22.4 Å². The van der Waals surface area contributed by atoms with Gasteiger partial charge in [0.2, 0.25) is 0 Å². The summed E-state index contributed by atoms with van der Waals surface area (Å²) in [7, 11) is 1.59. The van der Waals surface area contributed by atoms with Gasteiger partial charge in [-0.15, -0.1) is 0 Å². The van der Waals surface area contributed by atoms with E-state index in [4.69, 9.17) is 9.47 Å². The molecule has 0 aliphatic rings. The van der Waals surface area contributed by atoms with E-state index < -0.39 is 24.9 Å². The third-order valence-electron chi connectivity index (χ3n) is 5.16. The number of alkyl halides is 4. The van der Waals surface area contributed by atoms with Crippen molar-refractivity contribution in [1.29, 1.82) is 0 Å². The lowest BCUT2D eigenvalue weighted by atomic mass is 10.1. The Morgan fingerprint density at radius 1 is 1.12 bits per heavy atom. The molecule has 2 aromatic carbocycles. The normalized spacial score (nSPS) is 11.6. The van der Waals surface area contributed by atoms with Crippen LogP contribution in [0.4, 0.5) is 23.2 Å². The van der Waals surface area contributed by atoms with Crippen molar-refractivity contribution in [3.05, 3.63) is 76.6 Å². The Balaban J connectivity index is 1.68. The van der Waals surface area contributed by atoms with Crippen molar-refractivity contribution in [1.82, 2.24) is 9.78 Å². The summed E-state index contributed by atoms with van der Waals surface area (Å²) in [6, 6.07) is 13.7. The number of rotatable bonds is 10. The predicted octanol–water partition coefficient (Wildman–Crippen LogP) is 5.23. The van der Waals surface area contributed by atoms with E-state index in [0.29, 0.717) is 23.5 Å². The van der Waals surface area contributed by atoms with Crippen molar-refractivity contribution >= 4 is 11.6 Å². The molecule has 0 aliphatic carbocycles. The topological polar surface area (TPSA) is 65.4 Å². The monoisotopic (exact) mass is 479 g/mol. The molecule has 34 heavy (non-hydrogen) atoms. The maximum atomic E-state index is 13.0. The van der Waals surface area contributed by atoms with Crippen molar-refractivity contribution in [3.8, 4) is 5.75 Å². The zero-order chi connectivity index (χ0) is 24.9. The number of nitrogens with one attached hydrogen (secondary N) is 1. The summed E-state index contributed by atoms with van der Waals surface area (Å²) in [6.45, 7) is 2.35. The second kappa shape index (κ2) is 10.7. The van der Waals surface area contributed by atoms with Gasteiger partial charge in [-0.05, 0) is 49.2 Å². The Kier molecular flexibility index (Phi) is 7.93. The molecular weight excluding hydrogens is 454 g/mol. The van der Waals surface area contributed by atoms with E-state index in [2.05, 4.69) is 10.4 Å². The summed E-state index contributed by atoms with van der Waals surface area (Å²) in [5, 5.41) is 7.35. The van der Waals surface area contributed by atoms with Crippen LogP contribution in [0.5, 0.6) is 5.75 Å². The average Bonchev–Trinajstić information content (AvgIpc) is 3.06. The number of halogens is 4. The van der Waals surface area contributed by atoms with E-state index in [1.807, 2.05) is 31.2 Å². The molecule has 182 valence electrons. The fourth-order valence-electron chi connectivity index (χ4n) is 3.33. The average molecular weight is 479 g/mol. The first-order valence-corrected chi connectivity index (χ1v) is 10.4. The Hall–Kier alpha value is -3.40. The maximum Gasteiger partial charge on any atom is 0.330 e. The van der Waals surface area contributed by atoms with Crippen LogP contribution in [-0.2, 0) is 17.9 Å². The molecule has 3 rings (SSSR count). The van der Waals surface area contributed by atoms with Crippen molar-refractivity contribution in [2.24, 2.45) is 0 Å². The molecule has 0 spiro atoms. The van der Waals surface area contributed by atoms with Crippen LogP contribution in [0.15, 0.2) is 48.5 Å².